The highest BCUT2D eigenvalue weighted by Gasteiger charge is 2.26. The van der Waals surface area contributed by atoms with Crippen molar-refractivity contribution in [2.75, 3.05) is 13.6 Å². The zero-order chi connectivity index (χ0) is 16.0. The predicted octanol–water partition coefficient (Wildman–Crippen LogP) is -0.776. The Labute approximate surface area is 121 Å². The number of carboxylic acid groups (broad SMARTS) is 2. The summed E-state index contributed by atoms with van der Waals surface area (Å²) in [6, 6.07) is -1.86. The van der Waals surface area contributed by atoms with E-state index in [1.54, 1.807) is 0 Å². The SMILES string of the molecule is CN(CC(=O)NC1CC1)C(=O)NC(CCC(=O)O)C(=O)O. The van der Waals surface area contributed by atoms with E-state index < -0.39 is 24.0 Å². The van der Waals surface area contributed by atoms with Gasteiger partial charge in [-0.3, -0.25) is 9.59 Å². The van der Waals surface area contributed by atoms with Crippen molar-refractivity contribution in [2.45, 2.75) is 37.8 Å². The van der Waals surface area contributed by atoms with Gasteiger partial charge >= 0.3 is 18.0 Å². The number of likely N-dealkylation sites (N-methyl/N-ethyl adjacent to an activating group) is 1. The highest BCUT2D eigenvalue weighted by molar-refractivity contribution is 5.86. The molecule has 1 atom stereocenters. The normalized spacial score (nSPS) is 14.9. The first-order valence-electron chi connectivity index (χ1n) is 6.55. The lowest BCUT2D eigenvalue weighted by Crippen LogP contribution is -2.49. The molecule has 0 aromatic rings. The number of carbonyl (C=O) groups is 4. The maximum atomic E-state index is 11.8. The maximum absolute atomic E-state index is 11.8. The summed E-state index contributed by atoms with van der Waals surface area (Å²) in [4.78, 5) is 45.7. The number of carboxylic acids is 2. The molecule has 1 unspecified atom stereocenters. The van der Waals surface area contributed by atoms with E-state index in [4.69, 9.17) is 10.2 Å². The third-order valence-corrected chi connectivity index (χ3v) is 2.91. The van der Waals surface area contributed by atoms with Gasteiger partial charge in [-0.15, -0.1) is 0 Å². The number of hydrogen-bond donors (Lipinski definition) is 4. The Morgan fingerprint density at radius 1 is 1.24 bits per heavy atom. The Hall–Kier alpha value is -2.32. The van der Waals surface area contributed by atoms with Gasteiger partial charge in [-0.25, -0.2) is 9.59 Å². The molecule has 0 aromatic carbocycles. The van der Waals surface area contributed by atoms with Gasteiger partial charge in [0.05, 0.1) is 0 Å². The summed E-state index contributed by atoms with van der Waals surface area (Å²) in [5.41, 5.74) is 0. The lowest BCUT2D eigenvalue weighted by atomic mass is 10.1. The molecule has 0 aliphatic heterocycles. The molecular formula is C12H19N3O6. The molecular weight excluding hydrogens is 282 g/mol. The van der Waals surface area contributed by atoms with E-state index in [1.807, 2.05) is 0 Å². The Morgan fingerprint density at radius 2 is 1.86 bits per heavy atom. The number of rotatable bonds is 8. The zero-order valence-electron chi connectivity index (χ0n) is 11.7. The number of amides is 3. The average molecular weight is 301 g/mol. The Morgan fingerprint density at radius 3 is 2.33 bits per heavy atom. The van der Waals surface area contributed by atoms with Crippen molar-refractivity contribution < 1.29 is 29.4 Å². The molecule has 3 amide bonds. The molecule has 1 aliphatic carbocycles. The predicted molar refractivity (Wildman–Crippen MR) is 70.6 cm³/mol. The van der Waals surface area contributed by atoms with E-state index in [1.165, 1.54) is 7.05 Å². The summed E-state index contributed by atoms with van der Waals surface area (Å²) in [7, 11) is 1.36. The Balaban J connectivity index is 2.41. The van der Waals surface area contributed by atoms with Crippen LogP contribution in [0, 0.1) is 0 Å². The van der Waals surface area contributed by atoms with Crippen molar-refractivity contribution in [3.05, 3.63) is 0 Å². The summed E-state index contributed by atoms with van der Waals surface area (Å²) in [5.74, 6) is -2.78. The monoisotopic (exact) mass is 301 g/mol. The van der Waals surface area contributed by atoms with Crippen LogP contribution < -0.4 is 10.6 Å². The minimum Gasteiger partial charge on any atom is -0.481 e. The van der Waals surface area contributed by atoms with Gasteiger partial charge in [0.2, 0.25) is 5.91 Å². The van der Waals surface area contributed by atoms with E-state index in [0.29, 0.717) is 0 Å². The maximum Gasteiger partial charge on any atom is 0.326 e. The Bertz CT molecular complexity index is 435. The highest BCUT2D eigenvalue weighted by atomic mass is 16.4. The van der Waals surface area contributed by atoms with Crippen molar-refractivity contribution in [2.24, 2.45) is 0 Å². The summed E-state index contributed by atoms with van der Waals surface area (Å²) >= 11 is 0. The third kappa shape index (κ3) is 6.59. The number of nitrogens with zero attached hydrogens (tertiary/aromatic N) is 1. The third-order valence-electron chi connectivity index (χ3n) is 2.91. The fourth-order valence-corrected chi connectivity index (χ4v) is 1.57. The lowest BCUT2D eigenvalue weighted by Gasteiger charge is -2.20. The van der Waals surface area contributed by atoms with Gasteiger partial charge in [-0.1, -0.05) is 0 Å². The minimum atomic E-state index is -1.32. The van der Waals surface area contributed by atoms with Gasteiger partial charge in [0.1, 0.15) is 12.6 Å². The molecule has 118 valence electrons. The molecule has 0 radical (unpaired) electrons. The number of hydrogen-bond acceptors (Lipinski definition) is 4. The molecule has 4 N–H and O–H groups in total. The molecule has 0 bridgehead atoms. The Kier molecular flexibility index (Phi) is 5.94. The van der Waals surface area contributed by atoms with Crippen LogP contribution in [0.25, 0.3) is 0 Å². The van der Waals surface area contributed by atoms with Crippen LogP contribution in [0.1, 0.15) is 25.7 Å². The van der Waals surface area contributed by atoms with Gasteiger partial charge in [-0.05, 0) is 19.3 Å². The fraction of sp³-hybridized carbons (Fsp3) is 0.667. The summed E-state index contributed by atoms with van der Waals surface area (Å²) < 4.78 is 0. The molecule has 0 saturated heterocycles. The minimum absolute atomic E-state index is 0.177. The first kappa shape index (κ1) is 16.7. The summed E-state index contributed by atoms with van der Waals surface area (Å²) in [6.07, 6.45) is 1.26. The number of urea groups is 1. The van der Waals surface area contributed by atoms with Gasteiger partial charge in [0.25, 0.3) is 0 Å². The second kappa shape index (κ2) is 7.46. The second-order valence-electron chi connectivity index (χ2n) is 4.97. The van der Waals surface area contributed by atoms with Gasteiger partial charge in [-0.2, -0.15) is 0 Å². The van der Waals surface area contributed by atoms with E-state index in [9.17, 15) is 19.2 Å². The average Bonchev–Trinajstić information content (AvgIpc) is 3.16. The van der Waals surface area contributed by atoms with Crippen LogP contribution in [0.5, 0.6) is 0 Å². The molecule has 0 heterocycles. The molecule has 9 heteroatoms. The quantitative estimate of drug-likeness (QED) is 0.464. The molecule has 0 aromatic heterocycles. The van der Waals surface area contributed by atoms with Crippen LogP contribution in [0.4, 0.5) is 4.79 Å². The number of carbonyl (C=O) groups excluding carboxylic acids is 2. The number of aliphatic carboxylic acids is 2. The molecule has 1 aliphatic rings. The second-order valence-corrected chi connectivity index (χ2v) is 4.97. The smallest absolute Gasteiger partial charge is 0.326 e. The lowest BCUT2D eigenvalue weighted by molar-refractivity contribution is -0.140. The van der Waals surface area contributed by atoms with Gasteiger partial charge < -0.3 is 25.7 Å². The van der Waals surface area contributed by atoms with Crippen LogP contribution in [0.15, 0.2) is 0 Å². The van der Waals surface area contributed by atoms with Crippen molar-refractivity contribution in [1.29, 1.82) is 0 Å². The molecule has 21 heavy (non-hydrogen) atoms. The van der Waals surface area contributed by atoms with E-state index >= 15 is 0 Å². The van der Waals surface area contributed by atoms with E-state index in [-0.39, 0.29) is 31.3 Å². The summed E-state index contributed by atoms with van der Waals surface area (Å²) in [5, 5.41) is 22.3. The van der Waals surface area contributed by atoms with Crippen LogP contribution in [0.3, 0.4) is 0 Å². The molecule has 1 rings (SSSR count). The first-order valence-corrected chi connectivity index (χ1v) is 6.55. The van der Waals surface area contributed by atoms with Crippen LogP contribution in [-0.4, -0.2) is 64.7 Å². The molecule has 9 nitrogen and oxygen atoms in total. The van der Waals surface area contributed by atoms with E-state index in [0.717, 1.165) is 17.7 Å². The first-order chi connectivity index (χ1) is 9.79. The highest BCUT2D eigenvalue weighted by Crippen LogP contribution is 2.18. The van der Waals surface area contributed by atoms with Crippen molar-refractivity contribution in [3.8, 4) is 0 Å². The van der Waals surface area contributed by atoms with Crippen LogP contribution in [-0.2, 0) is 14.4 Å². The molecule has 1 fully saturated rings. The topological polar surface area (TPSA) is 136 Å². The van der Waals surface area contributed by atoms with Crippen LogP contribution in [0.2, 0.25) is 0 Å². The van der Waals surface area contributed by atoms with Crippen LogP contribution >= 0.6 is 0 Å². The van der Waals surface area contributed by atoms with Gasteiger partial charge in [0, 0.05) is 19.5 Å². The summed E-state index contributed by atoms with van der Waals surface area (Å²) in [6.45, 7) is -0.187. The largest absolute Gasteiger partial charge is 0.481 e. The standard InChI is InChI=1S/C12H19N3O6/c1-15(6-9(16)13-7-2-3-7)12(21)14-8(11(19)20)4-5-10(17)18/h7-8H,2-6H2,1H3,(H,13,16)(H,14,21)(H,17,18)(H,19,20). The fourth-order valence-electron chi connectivity index (χ4n) is 1.57. The number of nitrogens with one attached hydrogen (secondary N) is 2. The van der Waals surface area contributed by atoms with Gasteiger partial charge in [0.15, 0.2) is 0 Å². The van der Waals surface area contributed by atoms with Crippen molar-refractivity contribution in [3.63, 3.8) is 0 Å². The zero-order valence-corrected chi connectivity index (χ0v) is 11.7. The van der Waals surface area contributed by atoms with Crippen molar-refractivity contribution >= 4 is 23.9 Å². The molecule has 0 spiro atoms. The van der Waals surface area contributed by atoms with Crippen molar-refractivity contribution in [1.82, 2.24) is 15.5 Å². The molecule has 1 saturated carbocycles. The van der Waals surface area contributed by atoms with E-state index in [2.05, 4.69) is 10.6 Å².